The van der Waals surface area contributed by atoms with Crippen LogP contribution in [0.4, 0.5) is 0 Å². The molecule has 0 bridgehead atoms. The van der Waals surface area contributed by atoms with Crippen molar-refractivity contribution in [3.8, 4) is 22.3 Å². The van der Waals surface area contributed by atoms with Crippen molar-refractivity contribution in [2.45, 2.75) is 34.2 Å². The average Bonchev–Trinajstić information content (AvgIpc) is 3.41. The summed E-state index contributed by atoms with van der Waals surface area (Å²) in [6, 6.07) is 35.6. The molecule has 2 unspecified atom stereocenters. The van der Waals surface area contributed by atoms with Gasteiger partial charge in [-0.3, -0.25) is 0 Å². The van der Waals surface area contributed by atoms with Crippen LogP contribution in [0.5, 0.6) is 0 Å². The molecule has 0 fully saturated rings. The van der Waals surface area contributed by atoms with Crippen LogP contribution in [0.2, 0.25) is 13.1 Å². The Morgan fingerprint density at radius 1 is 0.528 bits per heavy atom. The second-order valence-corrected chi connectivity index (χ2v) is 14.9. The van der Waals surface area contributed by atoms with Gasteiger partial charge in [0.05, 0.1) is 0 Å². The predicted molar refractivity (Wildman–Crippen MR) is 157 cm³/mol. The molecule has 0 N–H and O–H groups in total. The van der Waals surface area contributed by atoms with E-state index in [1.54, 1.807) is 22.3 Å². The topological polar surface area (TPSA) is 0 Å². The molecule has 0 nitrogen and oxygen atoms in total. The van der Waals surface area contributed by atoms with E-state index in [9.17, 15) is 0 Å². The predicted octanol–water partition coefficient (Wildman–Crippen LogP) is 8.97. The van der Waals surface area contributed by atoms with Crippen molar-refractivity contribution >= 4 is 21.7 Å². The van der Waals surface area contributed by atoms with Gasteiger partial charge < -0.3 is 0 Å². The summed E-state index contributed by atoms with van der Waals surface area (Å²) in [5, 5.41) is 0. The van der Waals surface area contributed by atoms with Crippen molar-refractivity contribution in [1.29, 1.82) is 0 Å². The van der Waals surface area contributed by atoms with Gasteiger partial charge in [-0.1, -0.05) is 13.1 Å². The fourth-order valence-corrected chi connectivity index (χ4v) is 10.1. The second-order valence-electron chi connectivity index (χ2n) is 9.87. The summed E-state index contributed by atoms with van der Waals surface area (Å²) < 4.78 is 1.26. The van der Waals surface area contributed by atoms with Crippen molar-refractivity contribution < 1.29 is 23.2 Å². The number of allylic oxidation sites excluding steroid dienone is 2. The number of rotatable bonds is 4. The summed E-state index contributed by atoms with van der Waals surface area (Å²) in [6.07, 6.45) is 4.94. The molecule has 0 aromatic heterocycles. The van der Waals surface area contributed by atoms with Gasteiger partial charge in [-0.15, -0.1) is 0 Å². The molecule has 0 saturated carbocycles. The maximum absolute atomic E-state index is 2.47. The van der Waals surface area contributed by atoms with Gasteiger partial charge in [-0.25, -0.2) is 0 Å². The quantitative estimate of drug-likeness (QED) is 0.218. The molecule has 2 heteroatoms. The monoisotopic (exact) mass is 560 g/mol. The van der Waals surface area contributed by atoms with Crippen molar-refractivity contribution in [3.05, 3.63) is 130 Å². The zero-order valence-corrected chi connectivity index (χ0v) is 25.6. The molecule has 36 heavy (non-hydrogen) atoms. The smallest absolute Gasteiger partial charge is 0.0135 e. The minimum atomic E-state index is -0.835. The van der Waals surface area contributed by atoms with Crippen LogP contribution in [0, 0.1) is 0 Å². The van der Waals surface area contributed by atoms with Crippen LogP contribution < -0.4 is 0 Å². The molecule has 178 valence electrons. The Balaban J connectivity index is 0.000000848. The minimum Gasteiger partial charge on any atom is -0.0750 e. The molecule has 6 rings (SSSR count). The molecular weight excluding hydrogens is 528 g/mol. The molecule has 2 aliphatic rings. The molecule has 4 aromatic rings. The van der Waals surface area contributed by atoms with E-state index >= 15 is 0 Å². The Bertz CT molecular complexity index is 1310. The first-order chi connectivity index (χ1) is 17.6. The van der Waals surface area contributed by atoms with Crippen LogP contribution >= 0.6 is 0 Å². The van der Waals surface area contributed by atoms with Crippen LogP contribution in [0.1, 0.15) is 43.4 Å². The summed E-state index contributed by atoms with van der Waals surface area (Å²) in [6.45, 7) is 9.24. The first-order valence-corrected chi connectivity index (χ1v) is 18.8. The van der Waals surface area contributed by atoms with E-state index in [-0.39, 0.29) is 0 Å². The van der Waals surface area contributed by atoms with E-state index in [1.165, 1.54) is 33.4 Å². The van der Waals surface area contributed by atoms with Gasteiger partial charge in [0.15, 0.2) is 0 Å². The van der Waals surface area contributed by atoms with Crippen LogP contribution in [0.25, 0.3) is 34.4 Å². The molecule has 2 atom stereocenters. The first-order valence-electron chi connectivity index (χ1n) is 13.1. The van der Waals surface area contributed by atoms with Crippen LogP contribution in [0.3, 0.4) is 0 Å². The van der Waals surface area contributed by atoms with Crippen molar-refractivity contribution in [2.75, 3.05) is 0 Å². The zero-order chi connectivity index (χ0) is 25.1. The third kappa shape index (κ3) is 4.86. The molecule has 2 aliphatic carbocycles. The van der Waals surface area contributed by atoms with Crippen molar-refractivity contribution in [1.82, 2.24) is 0 Å². The minimum absolute atomic E-state index is 0.417. The van der Waals surface area contributed by atoms with E-state index in [4.69, 9.17) is 0 Å². The van der Waals surface area contributed by atoms with Gasteiger partial charge in [0.1, 0.15) is 0 Å². The summed E-state index contributed by atoms with van der Waals surface area (Å²) >= 11 is -0.835. The molecule has 4 aromatic carbocycles. The summed E-state index contributed by atoms with van der Waals surface area (Å²) in [5.74, 6) is 0. The van der Waals surface area contributed by atoms with E-state index in [0.717, 1.165) is 0 Å². The van der Waals surface area contributed by atoms with Gasteiger partial charge in [-0.2, -0.15) is 0 Å². The molecule has 0 saturated heterocycles. The molecule has 0 heterocycles. The van der Waals surface area contributed by atoms with E-state index in [0.29, 0.717) is 16.8 Å². The summed E-state index contributed by atoms with van der Waals surface area (Å²) in [7, 11) is 0.417. The molecule has 0 radical (unpaired) electrons. The molecular formula is C34H34SiZr. The van der Waals surface area contributed by atoms with E-state index in [1.807, 2.05) is 0 Å². The summed E-state index contributed by atoms with van der Waals surface area (Å²) in [5.41, 5.74) is 14.5. The molecule has 0 spiro atoms. The Morgan fingerprint density at radius 3 is 1.31 bits per heavy atom. The maximum atomic E-state index is 2.47. The fraction of sp³-hybridized carbons (Fsp3) is 0.176. The van der Waals surface area contributed by atoms with E-state index < -0.39 is 23.2 Å². The van der Waals surface area contributed by atoms with Crippen molar-refractivity contribution in [3.63, 3.8) is 0 Å². The standard InChI is InChI=1S/2C16H13.C2H8Si.Zr/c2*1-12-10-14-8-5-9-15(16(14)11-12)13-6-3-2-4-7-13;1-3-2;/h2*2-11H,1H3;3H2,1-2H3;. The Hall–Kier alpha value is -2.54. The first kappa shape index (κ1) is 25.1. The molecule has 0 aliphatic heterocycles. The van der Waals surface area contributed by atoms with Gasteiger partial charge in [0.2, 0.25) is 0 Å². The van der Waals surface area contributed by atoms with E-state index in [2.05, 4.69) is 136 Å². The number of hydrogen-bond donors (Lipinski definition) is 0. The third-order valence-corrected chi connectivity index (χ3v) is 12.5. The van der Waals surface area contributed by atoms with Gasteiger partial charge >= 0.3 is 209 Å². The number of benzene rings is 4. The average molecular weight is 562 g/mol. The number of hydrogen-bond acceptors (Lipinski definition) is 0. The SMILES string of the molecule is CC1=Cc2c(-c3ccccc3)cccc2[CH]1[Zr][CH]1C(C)=Cc2c(-c3ccccc3)cccc21.C[SiH2]C. The molecule has 0 amide bonds. The van der Waals surface area contributed by atoms with Crippen LogP contribution in [0.15, 0.2) is 108 Å². The Labute approximate surface area is 230 Å². The fourth-order valence-electron chi connectivity index (χ4n) is 5.45. The number of fused-ring (bicyclic) bond motifs is 2. The van der Waals surface area contributed by atoms with Crippen LogP contribution in [-0.4, -0.2) is 9.52 Å². The van der Waals surface area contributed by atoms with Gasteiger partial charge in [-0.05, 0) is 0 Å². The largest absolute Gasteiger partial charge is 0.0750 e. The Morgan fingerprint density at radius 2 is 0.917 bits per heavy atom. The van der Waals surface area contributed by atoms with Gasteiger partial charge in [0.25, 0.3) is 0 Å². The van der Waals surface area contributed by atoms with Crippen molar-refractivity contribution in [2.24, 2.45) is 0 Å². The maximum Gasteiger partial charge on any atom is 0.0135 e. The Kier molecular flexibility index (Phi) is 7.85. The summed E-state index contributed by atoms with van der Waals surface area (Å²) in [4.78, 5) is 0. The third-order valence-electron chi connectivity index (χ3n) is 7.06. The van der Waals surface area contributed by atoms with Crippen LogP contribution in [-0.2, 0) is 23.2 Å². The van der Waals surface area contributed by atoms with Gasteiger partial charge in [0, 0.05) is 9.52 Å². The normalized spacial score (nSPS) is 17.3. The zero-order valence-electron chi connectivity index (χ0n) is 21.8. The second kappa shape index (κ2) is 11.2.